The fourth-order valence-electron chi connectivity index (χ4n) is 1.65. The summed E-state index contributed by atoms with van der Waals surface area (Å²) in [5.74, 6) is 5.39. The molecule has 2 heterocycles. The first-order valence-electron chi connectivity index (χ1n) is 5.95. The number of thiazole rings is 1. The molecule has 0 aliphatic carbocycles. The van der Waals surface area contributed by atoms with Crippen molar-refractivity contribution in [2.75, 3.05) is 13.7 Å². The minimum atomic E-state index is -0.144. The lowest BCUT2D eigenvalue weighted by atomic mass is 10.3. The fraction of sp³-hybridized carbons (Fsp3) is 0.286. The van der Waals surface area contributed by atoms with Gasteiger partial charge >= 0.3 is 0 Å². The number of nitrogens with zero attached hydrogens (tertiary/aromatic N) is 2. The number of aliphatic hydroxyl groups excluding tert-OH is 1. The zero-order chi connectivity index (χ0) is 14.5. The minimum absolute atomic E-state index is 0.0801. The molecule has 0 aliphatic rings. The highest BCUT2D eigenvalue weighted by Gasteiger charge is 2.15. The lowest BCUT2D eigenvalue weighted by Crippen LogP contribution is -2.26. The molecule has 0 fully saturated rings. The number of aromatic nitrogens is 1. The Balaban J connectivity index is 2.02. The smallest absolute Gasteiger partial charge is 0.273 e. The van der Waals surface area contributed by atoms with Crippen molar-refractivity contribution >= 4 is 28.6 Å². The second kappa shape index (κ2) is 6.66. The van der Waals surface area contributed by atoms with Crippen LogP contribution in [0.5, 0.6) is 0 Å². The molecule has 0 bridgehead atoms. The molecule has 0 radical (unpaired) electrons. The van der Waals surface area contributed by atoms with Crippen molar-refractivity contribution < 1.29 is 9.90 Å². The van der Waals surface area contributed by atoms with E-state index < -0.39 is 0 Å². The molecule has 0 aliphatic heterocycles. The summed E-state index contributed by atoms with van der Waals surface area (Å²) in [7, 11) is 1.76. The number of carbonyl (C=O) groups is 1. The summed E-state index contributed by atoms with van der Waals surface area (Å²) < 4.78 is 0. The molecular weight excluding hydrogens is 292 g/mol. The first-order chi connectivity index (χ1) is 9.60. The van der Waals surface area contributed by atoms with Crippen LogP contribution in [0.25, 0.3) is 0 Å². The highest BCUT2D eigenvalue weighted by Crippen LogP contribution is 2.16. The van der Waals surface area contributed by atoms with Crippen LogP contribution in [0.2, 0.25) is 0 Å². The Labute approximate surface area is 125 Å². The molecule has 0 spiro atoms. The van der Waals surface area contributed by atoms with Gasteiger partial charge in [0.25, 0.3) is 5.91 Å². The standard InChI is InChI=1S/C14H14N2O2S2/c1-10-15-13(9-19-10)14(18)16(2)7-11-6-12(20-8-11)4-3-5-17/h6,8-9,17H,5,7H2,1-2H3. The molecule has 2 aromatic rings. The third kappa shape index (κ3) is 3.67. The predicted octanol–water partition coefficient (Wildman–Crippen LogP) is 2.13. The molecule has 4 nitrogen and oxygen atoms in total. The topological polar surface area (TPSA) is 53.4 Å². The van der Waals surface area contributed by atoms with E-state index in [-0.39, 0.29) is 12.5 Å². The van der Waals surface area contributed by atoms with Crippen molar-refractivity contribution in [3.05, 3.63) is 38.0 Å². The highest BCUT2D eigenvalue weighted by atomic mass is 32.1. The molecule has 0 atom stereocenters. The van der Waals surface area contributed by atoms with Gasteiger partial charge in [-0.2, -0.15) is 0 Å². The number of thiophene rings is 1. The van der Waals surface area contributed by atoms with Crippen LogP contribution in [0, 0.1) is 18.8 Å². The average Bonchev–Trinajstić information content (AvgIpc) is 3.04. The summed E-state index contributed by atoms with van der Waals surface area (Å²) in [5, 5.41) is 13.3. The molecule has 104 valence electrons. The molecule has 1 N–H and O–H groups in total. The molecule has 0 saturated carbocycles. The Bertz CT molecular complexity index is 664. The molecule has 2 aromatic heterocycles. The molecule has 0 unspecified atom stereocenters. The summed E-state index contributed by atoms with van der Waals surface area (Å²) in [5.41, 5.74) is 1.52. The zero-order valence-electron chi connectivity index (χ0n) is 11.2. The Morgan fingerprint density at radius 3 is 2.90 bits per heavy atom. The monoisotopic (exact) mass is 306 g/mol. The van der Waals surface area contributed by atoms with Gasteiger partial charge in [-0.1, -0.05) is 11.8 Å². The molecule has 0 aromatic carbocycles. The van der Waals surface area contributed by atoms with Gasteiger partial charge in [0.05, 0.1) is 9.88 Å². The average molecular weight is 306 g/mol. The number of carbonyl (C=O) groups excluding carboxylic acids is 1. The van der Waals surface area contributed by atoms with Gasteiger partial charge in [-0.05, 0) is 23.9 Å². The van der Waals surface area contributed by atoms with E-state index in [1.807, 2.05) is 18.4 Å². The maximum absolute atomic E-state index is 12.2. The molecular formula is C14H14N2O2S2. The van der Waals surface area contributed by atoms with Crippen LogP contribution in [0.15, 0.2) is 16.8 Å². The maximum Gasteiger partial charge on any atom is 0.273 e. The normalized spacial score (nSPS) is 9.95. The summed E-state index contributed by atoms with van der Waals surface area (Å²) in [4.78, 5) is 18.9. The Kier molecular flexibility index (Phi) is 4.90. The van der Waals surface area contributed by atoms with Gasteiger partial charge in [0, 0.05) is 19.0 Å². The van der Waals surface area contributed by atoms with Gasteiger partial charge in [0.1, 0.15) is 12.3 Å². The van der Waals surface area contributed by atoms with E-state index in [9.17, 15) is 4.79 Å². The van der Waals surface area contributed by atoms with Crippen LogP contribution in [0.3, 0.4) is 0 Å². The van der Waals surface area contributed by atoms with Crippen LogP contribution in [-0.2, 0) is 6.54 Å². The van der Waals surface area contributed by atoms with Gasteiger partial charge in [-0.15, -0.1) is 22.7 Å². The Hall–Kier alpha value is -1.68. The lowest BCUT2D eigenvalue weighted by molar-refractivity contribution is 0.0780. The van der Waals surface area contributed by atoms with Gasteiger partial charge < -0.3 is 10.0 Å². The van der Waals surface area contributed by atoms with Crippen LogP contribution in [0.1, 0.15) is 25.9 Å². The molecule has 20 heavy (non-hydrogen) atoms. The quantitative estimate of drug-likeness (QED) is 0.884. The summed E-state index contributed by atoms with van der Waals surface area (Å²) in [6.07, 6.45) is 0. The Morgan fingerprint density at radius 1 is 1.45 bits per heavy atom. The molecule has 6 heteroatoms. The van der Waals surface area contributed by atoms with E-state index in [2.05, 4.69) is 16.8 Å². The van der Waals surface area contributed by atoms with Crippen LogP contribution in [-0.4, -0.2) is 34.6 Å². The Morgan fingerprint density at radius 2 is 2.25 bits per heavy atom. The van der Waals surface area contributed by atoms with E-state index in [0.717, 1.165) is 15.4 Å². The number of amides is 1. The second-order valence-corrected chi connectivity index (χ2v) is 6.17. The number of aliphatic hydroxyl groups is 1. The van der Waals surface area contributed by atoms with Gasteiger partial charge in [-0.3, -0.25) is 4.79 Å². The van der Waals surface area contributed by atoms with Gasteiger partial charge in [-0.25, -0.2) is 4.98 Å². The van der Waals surface area contributed by atoms with E-state index in [1.54, 1.807) is 17.3 Å². The number of hydrogen-bond acceptors (Lipinski definition) is 5. The number of hydrogen-bond donors (Lipinski definition) is 1. The predicted molar refractivity (Wildman–Crippen MR) is 80.9 cm³/mol. The van der Waals surface area contributed by atoms with Crippen molar-refractivity contribution in [1.29, 1.82) is 0 Å². The largest absolute Gasteiger partial charge is 0.384 e. The van der Waals surface area contributed by atoms with E-state index >= 15 is 0 Å². The lowest BCUT2D eigenvalue weighted by Gasteiger charge is -2.14. The molecule has 0 saturated heterocycles. The SMILES string of the molecule is Cc1nc(C(=O)N(C)Cc2csc(C#CCO)c2)cs1. The van der Waals surface area contributed by atoms with Crippen LogP contribution < -0.4 is 0 Å². The number of rotatable bonds is 3. The third-order valence-electron chi connectivity index (χ3n) is 2.55. The van der Waals surface area contributed by atoms with Crippen LogP contribution >= 0.6 is 22.7 Å². The van der Waals surface area contributed by atoms with E-state index in [1.165, 1.54) is 22.7 Å². The van der Waals surface area contributed by atoms with E-state index in [0.29, 0.717) is 12.2 Å². The first kappa shape index (κ1) is 14.7. The summed E-state index contributed by atoms with van der Waals surface area (Å²) in [6, 6.07) is 1.93. The van der Waals surface area contributed by atoms with Crippen molar-refractivity contribution in [2.45, 2.75) is 13.5 Å². The first-order valence-corrected chi connectivity index (χ1v) is 7.71. The second-order valence-electron chi connectivity index (χ2n) is 4.19. The maximum atomic E-state index is 12.2. The van der Waals surface area contributed by atoms with Crippen LogP contribution in [0.4, 0.5) is 0 Å². The van der Waals surface area contributed by atoms with Crippen molar-refractivity contribution in [2.24, 2.45) is 0 Å². The third-order valence-corrected chi connectivity index (χ3v) is 4.22. The van der Waals surface area contributed by atoms with Gasteiger partial charge in [0.2, 0.25) is 0 Å². The molecule has 1 amide bonds. The van der Waals surface area contributed by atoms with Crippen molar-refractivity contribution in [1.82, 2.24) is 9.88 Å². The highest BCUT2D eigenvalue weighted by molar-refractivity contribution is 7.10. The van der Waals surface area contributed by atoms with Crippen molar-refractivity contribution in [3.63, 3.8) is 0 Å². The zero-order valence-corrected chi connectivity index (χ0v) is 12.8. The number of aryl methyl sites for hydroxylation is 1. The van der Waals surface area contributed by atoms with E-state index in [4.69, 9.17) is 5.11 Å². The molecule has 2 rings (SSSR count). The summed E-state index contributed by atoms with van der Waals surface area (Å²) in [6.45, 7) is 2.26. The van der Waals surface area contributed by atoms with Gasteiger partial charge in [0.15, 0.2) is 0 Å². The van der Waals surface area contributed by atoms with Crippen molar-refractivity contribution in [3.8, 4) is 11.8 Å². The fourth-order valence-corrected chi connectivity index (χ4v) is 3.01. The summed E-state index contributed by atoms with van der Waals surface area (Å²) >= 11 is 2.98. The minimum Gasteiger partial charge on any atom is -0.384 e.